The molecule has 1 heterocycles. The highest BCUT2D eigenvalue weighted by atomic mass is 35.5. The average Bonchev–Trinajstić information content (AvgIpc) is 2.77. The Labute approximate surface area is 151 Å². The lowest BCUT2D eigenvalue weighted by Crippen LogP contribution is -2.45. The van der Waals surface area contributed by atoms with Crippen molar-refractivity contribution in [1.82, 2.24) is 14.7 Å². The largest absolute Gasteiger partial charge is 0.340 e. The number of hydrogen-bond acceptors (Lipinski definition) is 5. The van der Waals surface area contributed by atoms with Gasteiger partial charge in [-0.1, -0.05) is 30.3 Å². The Balaban J connectivity index is 0.00000312. The van der Waals surface area contributed by atoms with Gasteiger partial charge in [0.15, 0.2) is 0 Å². The molecule has 25 heavy (non-hydrogen) atoms. The number of urea groups is 1. The fraction of sp³-hybridized carbons (Fsp3) is 0.375. The predicted octanol–water partition coefficient (Wildman–Crippen LogP) is -0.141. The molecule has 0 radical (unpaired) electrons. The van der Waals surface area contributed by atoms with Crippen molar-refractivity contribution in [2.45, 2.75) is 6.42 Å². The standard InChI is InChI=1S/C16H20N4O4.ClH/c1-18-14(22)15(23)20(16(18)24)11-13(21)19(10-8-17)9-7-12-5-3-2-4-6-12;/h2-6H,7-11,17H2,1H3;1H. The first kappa shape index (κ1) is 20.6. The van der Waals surface area contributed by atoms with Crippen LogP contribution in [0.5, 0.6) is 0 Å². The molecule has 0 spiro atoms. The van der Waals surface area contributed by atoms with Crippen LogP contribution in [0.1, 0.15) is 5.56 Å². The van der Waals surface area contributed by atoms with E-state index < -0.39 is 30.3 Å². The van der Waals surface area contributed by atoms with Gasteiger partial charge in [0.05, 0.1) is 0 Å². The molecule has 0 atom stereocenters. The summed E-state index contributed by atoms with van der Waals surface area (Å²) in [4.78, 5) is 50.3. The Morgan fingerprint density at radius 3 is 2.24 bits per heavy atom. The van der Waals surface area contributed by atoms with Crippen molar-refractivity contribution in [1.29, 1.82) is 0 Å². The van der Waals surface area contributed by atoms with Crippen LogP contribution in [0.25, 0.3) is 0 Å². The van der Waals surface area contributed by atoms with Crippen LogP contribution in [-0.4, -0.2) is 71.7 Å². The van der Waals surface area contributed by atoms with E-state index >= 15 is 0 Å². The van der Waals surface area contributed by atoms with Crippen LogP contribution in [0.2, 0.25) is 0 Å². The van der Waals surface area contributed by atoms with Crippen molar-refractivity contribution in [2.24, 2.45) is 5.73 Å². The highest BCUT2D eigenvalue weighted by molar-refractivity contribution is 6.44. The zero-order valence-corrected chi connectivity index (χ0v) is 14.7. The van der Waals surface area contributed by atoms with Gasteiger partial charge >= 0.3 is 17.8 Å². The first-order valence-corrected chi connectivity index (χ1v) is 7.61. The summed E-state index contributed by atoms with van der Waals surface area (Å²) in [6.45, 7) is 0.537. The Bertz CT molecular complexity index is 653. The lowest BCUT2D eigenvalue weighted by molar-refractivity contribution is -0.144. The minimum Gasteiger partial charge on any atom is -0.340 e. The van der Waals surface area contributed by atoms with E-state index in [0.717, 1.165) is 5.56 Å². The summed E-state index contributed by atoms with van der Waals surface area (Å²) in [5, 5.41) is 0. The van der Waals surface area contributed by atoms with Gasteiger partial charge in [0.1, 0.15) is 6.54 Å². The molecule has 0 aliphatic carbocycles. The van der Waals surface area contributed by atoms with Crippen molar-refractivity contribution in [2.75, 3.05) is 33.2 Å². The number of halogens is 1. The monoisotopic (exact) mass is 368 g/mol. The number of likely N-dealkylation sites (N-methyl/N-ethyl adjacent to an activating group) is 1. The maximum absolute atomic E-state index is 12.4. The lowest BCUT2D eigenvalue weighted by Gasteiger charge is -2.24. The number of amides is 5. The van der Waals surface area contributed by atoms with Gasteiger partial charge in [0, 0.05) is 26.7 Å². The molecule has 1 fully saturated rings. The quantitative estimate of drug-likeness (QED) is 0.533. The van der Waals surface area contributed by atoms with Crippen LogP contribution in [0.3, 0.4) is 0 Å². The van der Waals surface area contributed by atoms with Gasteiger partial charge in [-0.05, 0) is 12.0 Å². The maximum atomic E-state index is 12.4. The van der Waals surface area contributed by atoms with Crippen molar-refractivity contribution >= 4 is 36.2 Å². The van der Waals surface area contributed by atoms with Crippen LogP contribution in [0.15, 0.2) is 30.3 Å². The summed E-state index contributed by atoms with van der Waals surface area (Å²) in [6.07, 6.45) is 0.632. The van der Waals surface area contributed by atoms with Gasteiger partial charge in [-0.25, -0.2) is 9.69 Å². The minimum atomic E-state index is -0.980. The smallest absolute Gasteiger partial charge is 0.334 e. The second-order valence-electron chi connectivity index (χ2n) is 5.44. The van der Waals surface area contributed by atoms with Crippen LogP contribution < -0.4 is 5.73 Å². The van der Waals surface area contributed by atoms with Crippen LogP contribution in [0.4, 0.5) is 4.79 Å². The Morgan fingerprint density at radius 1 is 1.08 bits per heavy atom. The number of nitrogens with two attached hydrogens (primary N) is 1. The molecule has 0 saturated carbocycles. The number of benzene rings is 1. The lowest BCUT2D eigenvalue weighted by atomic mass is 10.1. The molecule has 136 valence electrons. The SMILES string of the molecule is CN1C(=O)C(=O)N(CC(=O)N(CCN)CCc2ccccc2)C1=O.Cl. The summed E-state index contributed by atoms with van der Waals surface area (Å²) in [5.74, 6) is -2.32. The van der Waals surface area contributed by atoms with Crippen molar-refractivity contribution < 1.29 is 19.2 Å². The molecule has 0 aromatic heterocycles. The van der Waals surface area contributed by atoms with Crippen molar-refractivity contribution in [3.05, 3.63) is 35.9 Å². The van der Waals surface area contributed by atoms with E-state index in [1.54, 1.807) is 0 Å². The zero-order valence-electron chi connectivity index (χ0n) is 13.9. The third kappa shape index (κ3) is 4.77. The van der Waals surface area contributed by atoms with Crippen molar-refractivity contribution in [3.63, 3.8) is 0 Å². The molecule has 1 aliphatic rings. The minimum absolute atomic E-state index is 0. The molecule has 1 aromatic rings. The normalized spacial score (nSPS) is 13.9. The number of nitrogens with zero attached hydrogens (tertiary/aromatic N) is 3. The van der Waals surface area contributed by atoms with E-state index in [-0.39, 0.29) is 19.0 Å². The zero-order chi connectivity index (χ0) is 17.7. The molecule has 1 saturated heterocycles. The molecule has 9 heteroatoms. The molecular formula is C16H21ClN4O4. The van der Waals surface area contributed by atoms with Gasteiger partial charge in [0.25, 0.3) is 0 Å². The summed E-state index contributed by atoms with van der Waals surface area (Å²) in [5.41, 5.74) is 6.60. The maximum Gasteiger partial charge on any atom is 0.334 e. The fourth-order valence-electron chi connectivity index (χ4n) is 2.41. The molecule has 2 rings (SSSR count). The van der Waals surface area contributed by atoms with Gasteiger partial charge < -0.3 is 10.6 Å². The molecule has 2 N–H and O–H groups in total. The second kappa shape index (κ2) is 9.14. The third-order valence-electron chi connectivity index (χ3n) is 3.81. The molecule has 1 aromatic carbocycles. The number of rotatable bonds is 7. The van der Waals surface area contributed by atoms with Gasteiger partial charge in [-0.15, -0.1) is 12.4 Å². The van der Waals surface area contributed by atoms with Gasteiger partial charge in [-0.3, -0.25) is 19.3 Å². The average molecular weight is 369 g/mol. The van der Waals surface area contributed by atoms with Gasteiger partial charge in [-0.2, -0.15) is 0 Å². The van der Waals surface area contributed by atoms with Crippen LogP contribution in [-0.2, 0) is 20.8 Å². The molecule has 0 unspecified atom stereocenters. The predicted molar refractivity (Wildman–Crippen MR) is 92.9 cm³/mol. The van der Waals surface area contributed by atoms with E-state index in [2.05, 4.69) is 0 Å². The Morgan fingerprint density at radius 2 is 1.72 bits per heavy atom. The van der Waals surface area contributed by atoms with Gasteiger partial charge in [0.2, 0.25) is 5.91 Å². The Kier molecular flexibility index (Phi) is 7.53. The van der Waals surface area contributed by atoms with Crippen LogP contribution >= 0.6 is 12.4 Å². The molecule has 1 aliphatic heterocycles. The number of imide groups is 2. The number of carbonyl (C=O) groups is 4. The summed E-state index contributed by atoms with van der Waals surface area (Å²) < 4.78 is 0. The summed E-state index contributed by atoms with van der Waals surface area (Å²) in [6, 6.07) is 8.85. The second-order valence-corrected chi connectivity index (χ2v) is 5.44. The van der Waals surface area contributed by atoms with E-state index in [1.165, 1.54) is 11.9 Å². The number of carbonyl (C=O) groups excluding carboxylic acids is 4. The summed E-state index contributed by atoms with van der Waals surface area (Å²) >= 11 is 0. The molecule has 5 amide bonds. The highest BCUT2D eigenvalue weighted by Gasteiger charge is 2.43. The highest BCUT2D eigenvalue weighted by Crippen LogP contribution is 2.10. The first-order valence-electron chi connectivity index (χ1n) is 7.61. The van der Waals surface area contributed by atoms with Crippen LogP contribution in [0, 0.1) is 0 Å². The Hall–Kier alpha value is -2.45. The number of hydrogen-bond donors (Lipinski definition) is 1. The molecule has 8 nitrogen and oxygen atoms in total. The third-order valence-corrected chi connectivity index (χ3v) is 3.81. The molecule has 0 bridgehead atoms. The topological polar surface area (TPSA) is 104 Å². The fourth-order valence-corrected chi connectivity index (χ4v) is 2.41. The van der Waals surface area contributed by atoms with E-state index in [0.29, 0.717) is 29.3 Å². The van der Waals surface area contributed by atoms with E-state index in [9.17, 15) is 19.2 Å². The van der Waals surface area contributed by atoms with E-state index in [1.807, 2.05) is 30.3 Å². The summed E-state index contributed by atoms with van der Waals surface area (Å²) in [7, 11) is 1.21. The van der Waals surface area contributed by atoms with Crippen molar-refractivity contribution in [3.8, 4) is 0 Å². The molecular weight excluding hydrogens is 348 g/mol. The van der Waals surface area contributed by atoms with E-state index in [4.69, 9.17) is 5.73 Å². The first-order chi connectivity index (χ1) is 11.5.